The number of aliphatic carboxylic acids is 1. The molecule has 0 bridgehead atoms. The Bertz CT molecular complexity index is 474. The number of nitrogens with two attached hydrogens (primary N) is 1. The number of carboxylic acid groups (broad SMARTS) is 1. The van der Waals surface area contributed by atoms with Crippen LogP contribution in [0, 0.1) is 6.92 Å². The van der Waals surface area contributed by atoms with Gasteiger partial charge in [-0.3, -0.25) is 14.5 Å². The lowest BCUT2D eigenvalue weighted by atomic mass is 10.2. The van der Waals surface area contributed by atoms with Gasteiger partial charge in [-0.1, -0.05) is 6.07 Å². The Morgan fingerprint density at radius 1 is 1.42 bits per heavy atom. The highest BCUT2D eigenvalue weighted by Gasteiger charge is 2.08. The molecule has 0 aliphatic heterocycles. The number of amides is 1. The van der Waals surface area contributed by atoms with Crippen molar-refractivity contribution in [2.75, 3.05) is 31.2 Å². The molecule has 6 heteroatoms. The summed E-state index contributed by atoms with van der Waals surface area (Å²) in [7, 11) is 1.70. The van der Waals surface area contributed by atoms with Gasteiger partial charge in [0.1, 0.15) is 0 Å². The van der Waals surface area contributed by atoms with Crippen molar-refractivity contribution in [3.63, 3.8) is 0 Å². The first kappa shape index (κ1) is 15.0. The monoisotopic (exact) mass is 265 g/mol. The van der Waals surface area contributed by atoms with Gasteiger partial charge in [0.05, 0.1) is 13.0 Å². The second kappa shape index (κ2) is 6.75. The first-order valence-corrected chi connectivity index (χ1v) is 5.95. The van der Waals surface area contributed by atoms with Crippen LogP contribution >= 0.6 is 0 Å². The fourth-order valence-electron chi connectivity index (χ4n) is 1.53. The first-order chi connectivity index (χ1) is 8.88. The van der Waals surface area contributed by atoms with E-state index >= 15 is 0 Å². The van der Waals surface area contributed by atoms with Crippen LogP contribution in [0.4, 0.5) is 11.4 Å². The quantitative estimate of drug-likeness (QED) is 0.665. The molecule has 6 nitrogen and oxygen atoms in total. The number of hydrogen-bond acceptors (Lipinski definition) is 4. The van der Waals surface area contributed by atoms with E-state index in [2.05, 4.69) is 5.32 Å². The Morgan fingerprint density at radius 2 is 2.11 bits per heavy atom. The molecule has 0 aromatic heterocycles. The molecule has 1 aromatic carbocycles. The number of aryl methyl sites for hydroxylation is 1. The number of nitrogens with one attached hydrogen (secondary N) is 1. The summed E-state index contributed by atoms with van der Waals surface area (Å²) >= 11 is 0. The first-order valence-electron chi connectivity index (χ1n) is 5.95. The predicted molar refractivity (Wildman–Crippen MR) is 74.0 cm³/mol. The summed E-state index contributed by atoms with van der Waals surface area (Å²) in [4.78, 5) is 23.8. The summed E-state index contributed by atoms with van der Waals surface area (Å²) in [5, 5.41) is 11.3. The molecule has 19 heavy (non-hydrogen) atoms. The zero-order chi connectivity index (χ0) is 14.4. The second-order valence-electron chi connectivity index (χ2n) is 4.50. The van der Waals surface area contributed by atoms with Gasteiger partial charge in [0.25, 0.3) is 0 Å². The van der Waals surface area contributed by atoms with Crippen LogP contribution in [0.25, 0.3) is 0 Å². The fourth-order valence-corrected chi connectivity index (χ4v) is 1.53. The van der Waals surface area contributed by atoms with Crippen molar-refractivity contribution in [1.82, 2.24) is 4.90 Å². The van der Waals surface area contributed by atoms with Gasteiger partial charge in [-0.2, -0.15) is 0 Å². The summed E-state index contributed by atoms with van der Waals surface area (Å²) in [6.07, 6.45) is 0.0151. The third-order valence-corrected chi connectivity index (χ3v) is 2.68. The summed E-state index contributed by atoms with van der Waals surface area (Å²) in [6, 6.07) is 5.31. The molecule has 0 radical (unpaired) electrons. The van der Waals surface area contributed by atoms with E-state index in [1.165, 1.54) is 0 Å². The van der Waals surface area contributed by atoms with Crippen LogP contribution in [0.2, 0.25) is 0 Å². The van der Waals surface area contributed by atoms with Gasteiger partial charge in [-0.05, 0) is 31.7 Å². The van der Waals surface area contributed by atoms with Crippen molar-refractivity contribution in [3.8, 4) is 0 Å². The zero-order valence-electron chi connectivity index (χ0n) is 11.1. The van der Waals surface area contributed by atoms with Gasteiger partial charge >= 0.3 is 5.97 Å². The molecule has 0 saturated carbocycles. The van der Waals surface area contributed by atoms with Crippen LogP contribution < -0.4 is 11.1 Å². The molecular formula is C13H19N3O3. The molecule has 1 amide bonds. The number of likely N-dealkylation sites (N-methyl/N-ethyl adjacent to an activating group) is 1. The minimum Gasteiger partial charge on any atom is -0.481 e. The summed E-state index contributed by atoms with van der Waals surface area (Å²) < 4.78 is 0. The van der Waals surface area contributed by atoms with E-state index in [4.69, 9.17) is 10.8 Å². The number of nitrogens with zero attached hydrogens (tertiary/aromatic N) is 1. The Labute approximate surface area is 112 Å². The van der Waals surface area contributed by atoms with Crippen molar-refractivity contribution in [3.05, 3.63) is 23.8 Å². The van der Waals surface area contributed by atoms with Crippen LogP contribution in [0.3, 0.4) is 0 Å². The number of carboxylic acids is 1. The summed E-state index contributed by atoms with van der Waals surface area (Å²) in [5.41, 5.74) is 7.97. The van der Waals surface area contributed by atoms with E-state index in [0.29, 0.717) is 17.9 Å². The van der Waals surface area contributed by atoms with Crippen molar-refractivity contribution < 1.29 is 14.7 Å². The van der Waals surface area contributed by atoms with Gasteiger partial charge < -0.3 is 16.2 Å². The van der Waals surface area contributed by atoms with Crippen LogP contribution in [-0.4, -0.2) is 42.0 Å². The van der Waals surface area contributed by atoms with Crippen molar-refractivity contribution >= 4 is 23.3 Å². The van der Waals surface area contributed by atoms with E-state index < -0.39 is 5.97 Å². The lowest BCUT2D eigenvalue weighted by molar-refractivity contribution is -0.137. The maximum atomic E-state index is 11.7. The third-order valence-electron chi connectivity index (χ3n) is 2.68. The molecule has 0 spiro atoms. The Morgan fingerprint density at radius 3 is 2.68 bits per heavy atom. The van der Waals surface area contributed by atoms with E-state index in [9.17, 15) is 9.59 Å². The normalized spacial score (nSPS) is 10.5. The standard InChI is InChI=1S/C13H19N3O3/c1-9-3-4-10(7-11(9)14)15-12(17)8-16(2)6-5-13(18)19/h3-4,7H,5-6,8,14H2,1-2H3,(H,15,17)(H,18,19). The lowest BCUT2D eigenvalue weighted by Gasteiger charge is -2.15. The van der Waals surface area contributed by atoms with Crippen LogP contribution in [0.5, 0.6) is 0 Å². The number of anilines is 2. The van der Waals surface area contributed by atoms with Gasteiger partial charge in [0.2, 0.25) is 5.91 Å². The molecule has 0 unspecified atom stereocenters. The Balaban J connectivity index is 2.46. The Kier molecular flexibility index (Phi) is 5.32. The maximum absolute atomic E-state index is 11.7. The topological polar surface area (TPSA) is 95.7 Å². The molecule has 0 atom stereocenters. The number of rotatable bonds is 6. The molecule has 1 rings (SSSR count). The Hall–Kier alpha value is -2.08. The largest absolute Gasteiger partial charge is 0.481 e. The van der Waals surface area contributed by atoms with E-state index in [1.54, 1.807) is 24.1 Å². The third kappa shape index (κ3) is 5.39. The van der Waals surface area contributed by atoms with E-state index in [1.807, 2.05) is 13.0 Å². The molecule has 0 aliphatic carbocycles. The highest BCUT2D eigenvalue weighted by molar-refractivity contribution is 5.92. The van der Waals surface area contributed by atoms with Crippen LogP contribution in [-0.2, 0) is 9.59 Å². The average molecular weight is 265 g/mol. The minimum absolute atomic E-state index is 0.0151. The second-order valence-corrected chi connectivity index (χ2v) is 4.50. The van der Waals surface area contributed by atoms with E-state index in [0.717, 1.165) is 5.56 Å². The van der Waals surface area contributed by atoms with Gasteiger partial charge in [0, 0.05) is 17.9 Å². The number of carbonyl (C=O) groups excluding carboxylic acids is 1. The van der Waals surface area contributed by atoms with Crippen molar-refractivity contribution in [1.29, 1.82) is 0 Å². The molecule has 0 fully saturated rings. The smallest absolute Gasteiger partial charge is 0.304 e. The van der Waals surface area contributed by atoms with E-state index in [-0.39, 0.29) is 18.9 Å². The van der Waals surface area contributed by atoms with Crippen molar-refractivity contribution in [2.45, 2.75) is 13.3 Å². The molecule has 0 aliphatic rings. The minimum atomic E-state index is -0.876. The number of carbonyl (C=O) groups is 2. The van der Waals surface area contributed by atoms with Gasteiger partial charge in [-0.25, -0.2) is 0 Å². The molecule has 104 valence electrons. The zero-order valence-corrected chi connectivity index (χ0v) is 11.1. The molecule has 4 N–H and O–H groups in total. The van der Waals surface area contributed by atoms with Gasteiger partial charge in [-0.15, -0.1) is 0 Å². The number of benzene rings is 1. The van der Waals surface area contributed by atoms with Crippen LogP contribution in [0.1, 0.15) is 12.0 Å². The molecular weight excluding hydrogens is 246 g/mol. The maximum Gasteiger partial charge on any atom is 0.304 e. The van der Waals surface area contributed by atoms with Crippen LogP contribution in [0.15, 0.2) is 18.2 Å². The predicted octanol–water partition coefficient (Wildman–Crippen LogP) is 0.922. The molecule has 0 heterocycles. The number of hydrogen-bond donors (Lipinski definition) is 3. The SMILES string of the molecule is Cc1ccc(NC(=O)CN(C)CCC(=O)O)cc1N. The average Bonchev–Trinajstić information content (AvgIpc) is 2.31. The molecule has 0 saturated heterocycles. The molecule has 1 aromatic rings. The fraction of sp³-hybridized carbons (Fsp3) is 0.385. The lowest BCUT2D eigenvalue weighted by Crippen LogP contribution is -2.31. The number of nitrogen functional groups attached to an aromatic ring is 1. The summed E-state index contributed by atoms with van der Waals surface area (Å²) in [6.45, 7) is 2.36. The van der Waals surface area contributed by atoms with Crippen molar-refractivity contribution in [2.24, 2.45) is 0 Å². The summed E-state index contributed by atoms with van der Waals surface area (Å²) in [5.74, 6) is -1.07. The van der Waals surface area contributed by atoms with Gasteiger partial charge in [0.15, 0.2) is 0 Å². The highest BCUT2D eigenvalue weighted by Crippen LogP contribution is 2.16. The highest BCUT2D eigenvalue weighted by atomic mass is 16.4.